The van der Waals surface area contributed by atoms with Crippen molar-refractivity contribution in [1.82, 2.24) is 0 Å². The van der Waals surface area contributed by atoms with Gasteiger partial charge in [-0.15, -0.1) is 0 Å². The predicted octanol–water partition coefficient (Wildman–Crippen LogP) is 1.90. The molecular weight excluding hydrogens is 262 g/mol. The highest BCUT2D eigenvalue weighted by atomic mass is 32.2. The Balaban J connectivity index is 2.14. The van der Waals surface area contributed by atoms with Crippen molar-refractivity contribution in [3.63, 3.8) is 0 Å². The topological polar surface area (TPSA) is 98.5 Å². The molecule has 1 fully saturated rings. The van der Waals surface area contributed by atoms with Crippen LogP contribution in [0.2, 0.25) is 0 Å². The van der Waals surface area contributed by atoms with Crippen LogP contribution < -0.4 is 10.9 Å². The molecule has 0 radical (unpaired) electrons. The van der Waals surface area contributed by atoms with E-state index in [-0.39, 0.29) is 4.90 Å². The van der Waals surface area contributed by atoms with Crippen molar-refractivity contribution in [3.8, 4) is 0 Å². The molecule has 19 heavy (non-hydrogen) atoms. The van der Waals surface area contributed by atoms with Crippen molar-refractivity contribution in [1.29, 1.82) is 0 Å². The number of amidine groups is 1. The van der Waals surface area contributed by atoms with Crippen molar-refractivity contribution in [3.05, 3.63) is 24.3 Å². The maximum atomic E-state index is 11.1. The molecule has 0 heterocycles. The zero-order chi connectivity index (χ0) is 13.9. The van der Waals surface area contributed by atoms with E-state index in [0.717, 1.165) is 12.8 Å². The monoisotopic (exact) mass is 281 g/mol. The summed E-state index contributed by atoms with van der Waals surface area (Å²) in [5, 5.41) is 5.04. The van der Waals surface area contributed by atoms with Crippen LogP contribution in [-0.4, -0.2) is 14.3 Å². The molecule has 104 valence electrons. The van der Waals surface area contributed by atoms with E-state index in [4.69, 9.17) is 10.9 Å². The Kier molecular flexibility index (Phi) is 4.21. The molecule has 1 aliphatic carbocycles. The maximum Gasteiger partial charge on any atom is 0.238 e. The largest absolute Gasteiger partial charge is 0.387 e. The third-order valence-electron chi connectivity index (χ3n) is 3.45. The Morgan fingerprint density at radius 2 is 1.68 bits per heavy atom. The van der Waals surface area contributed by atoms with E-state index in [1.807, 2.05) is 0 Å². The number of aliphatic imine (C=N–C) groups is 1. The van der Waals surface area contributed by atoms with Crippen LogP contribution in [-0.2, 0) is 10.0 Å². The van der Waals surface area contributed by atoms with E-state index in [1.54, 1.807) is 12.1 Å². The molecule has 0 atom stereocenters. The predicted molar refractivity (Wildman–Crippen MR) is 75.7 cm³/mol. The summed E-state index contributed by atoms with van der Waals surface area (Å²) in [6.07, 6.45) is 5.85. The van der Waals surface area contributed by atoms with E-state index >= 15 is 0 Å². The fourth-order valence-electron chi connectivity index (χ4n) is 2.35. The standard InChI is InChI=1S/C13H19N3O2S/c14-13(10-4-2-1-3-5-10)16-11-6-8-12(9-7-11)19(15,17)18/h6-10H,1-5H2,(H2,14,16)(H2,15,17,18). The smallest absolute Gasteiger partial charge is 0.238 e. The number of nitrogens with zero attached hydrogens (tertiary/aromatic N) is 1. The van der Waals surface area contributed by atoms with Crippen LogP contribution in [0.1, 0.15) is 32.1 Å². The molecule has 0 saturated heterocycles. The van der Waals surface area contributed by atoms with Gasteiger partial charge < -0.3 is 5.73 Å². The number of hydrogen-bond donors (Lipinski definition) is 2. The van der Waals surface area contributed by atoms with Gasteiger partial charge in [0.1, 0.15) is 5.84 Å². The van der Waals surface area contributed by atoms with Gasteiger partial charge >= 0.3 is 0 Å². The zero-order valence-electron chi connectivity index (χ0n) is 10.7. The highest BCUT2D eigenvalue weighted by molar-refractivity contribution is 7.89. The second-order valence-electron chi connectivity index (χ2n) is 4.91. The minimum atomic E-state index is -3.65. The summed E-state index contributed by atoms with van der Waals surface area (Å²) < 4.78 is 22.3. The first-order chi connectivity index (χ1) is 8.97. The number of sulfonamides is 1. The molecule has 1 aromatic carbocycles. The summed E-state index contributed by atoms with van der Waals surface area (Å²) in [6.45, 7) is 0. The highest BCUT2D eigenvalue weighted by Gasteiger charge is 2.17. The second kappa shape index (κ2) is 5.71. The third-order valence-corrected chi connectivity index (χ3v) is 4.38. The van der Waals surface area contributed by atoms with Crippen LogP contribution in [0.3, 0.4) is 0 Å². The first-order valence-corrected chi connectivity index (χ1v) is 7.98. The Labute approximate surface area is 113 Å². The van der Waals surface area contributed by atoms with Crippen molar-refractivity contribution in [2.45, 2.75) is 37.0 Å². The van der Waals surface area contributed by atoms with Crippen LogP contribution in [0.25, 0.3) is 0 Å². The van der Waals surface area contributed by atoms with Crippen molar-refractivity contribution >= 4 is 21.5 Å². The fraction of sp³-hybridized carbons (Fsp3) is 0.462. The first kappa shape index (κ1) is 14.0. The minimum Gasteiger partial charge on any atom is -0.387 e. The molecular formula is C13H19N3O2S. The molecule has 6 heteroatoms. The van der Waals surface area contributed by atoms with Gasteiger partial charge in [-0.2, -0.15) is 0 Å². The van der Waals surface area contributed by atoms with E-state index < -0.39 is 10.0 Å². The molecule has 0 spiro atoms. The van der Waals surface area contributed by atoms with E-state index in [0.29, 0.717) is 17.4 Å². The van der Waals surface area contributed by atoms with Crippen LogP contribution in [0.4, 0.5) is 5.69 Å². The third kappa shape index (κ3) is 3.78. The lowest BCUT2D eigenvalue weighted by molar-refractivity contribution is 0.437. The average Bonchev–Trinajstić information content (AvgIpc) is 2.39. The molecule has 0 amide bonds. The van der Waals surface area contributed by atoms with Crippen LogP contribution in [0.15, 0.2) is 34.2 Å². The number of rotatable bonds is 3. The number of nitrogens with two attached hydrogens (primary N) is 2. The van der Waals surface area contributed by atoms with Gasteiger partial charge in [-0.05, 0) is 37.1 Å². The molecule has 5 nitrogen and oxygen atoms in total. The number of benzene rings is 1. The lowest BCUT2D eigenvalue weighted by Gasteiger charge is -2.20. The van der Waals surface area contributed by atoms with Crippen LogP contribution in [0, 0.1) is 5.92 Å². The van der Waals surface area contributed by atoms with Crippen molar-refractivity contribution < 1.29 is 8.42 Å². The Hall–Kier alpha value is -1.40. The van der Waals surface area contributed by atoms with Crippen LogP contribution in [0.5, 0.6) is 0 Å². The molecule has 1 aromatic rings. The van der Waals surface area contributed by atoms with E-state index in [2.05, 4.69) is 4.99 Å². The Morgan fingerprint density at radius 1 is 1.11 bits per heavy atom. The number of hydrogen-bond acceptors (Lipinski definition) is 3. The van der Waals surface area contributed by atoms with E-state index in [9.17, 15) is 8.42 Å². The molecule has 0 aromatic heterocycles. The summed E-state index contributed by atoms with van der Waals surface area (Å²) in [6, 6.07) is 6.13. The molecule has 0 unspecified atom stereocenters. The summed E-state index contributed by atoms with van der Waals surface area (Å²) in [5.41, 5.74) is 6.67. The van der Waals surface area contributed by atoms with Gasteiger partial charge in [0.2, 0.25) is 10.0 Å². The number of primary sulfonamides is 1. The van der Waals surface area contributed by atoms with Gasteiger partial charge in [-0.25, -0.2) is 18.5 Å². The van der Waals surface area contributed by atoms with Crippen molar-refractivity contribution in [2.24, 2.45) is 21.8 Å². The van der Waals surface area contributed by atoms with Crippen LogP contribution >= 0.6 is 0 Å². The molecule has 0 aliphatic heterocycles. The van der Waals surface area contributed by atoms with Gasteiger partial charge in [-0.1, -0.05) is 19.3 Å². The molecule has 1 aliphatic rings. The maximum absolute atomic E-state index is 11.1. The molecule has 0 bridgehead atoms. The fourth-order valence-corrected chi connectivity index (χ4v) is 2.86. The molecule has 1 saturated carbocycles. The summed E-state index contributed by atoms with van der Waals surface area (Å²) in [7, 11) is -3.65. The molecule has 2 rings (SSSR count). The molecule has 4 N–H and O–H groups in total. The summed E-state index contributed by atoms with van der Waals surface area (Å²) in [4.78, 5) is 4.45. The van der Waals surface area contributed by atoms with Gasteiger partial charge in [0.25, 0.3) is 0 Å². The zero-order valence-corrected chi connectivity index (χ0v) is 11.6. The van der Waals surface area contributed by atoms with Gasteiger partial charge in [0.15, 0.2) is 0 Å². The minimum absolute atomic E-state index is 0.0858. The Morgan fingerprint density at radius 3 is 2.21 bits per heavy atom. The van der Waals surface area contributed by atoms with Gasteiger partial charge in [-0.3, -0.25) is 0 Å². The highest BCUT2D eigenvalue weighted by Crippen LogP contribution is 2.25. The summed E-state index contributed by atoms with van der Waals surface area (Å²) >= 11 is 0. The van der Waals surface area contributed by atoms with Gasteiger partial charge in [0, 0.05) is 5.92 Å². The summed E-state index contributed by atoms with van der Waals surface area (Å²) in [5.74, 6) is 0.995. The average molecular weight is 281 g/mol. The lowest BCUT2D eigenvalue weighted by atomic mass is 9.88. The normalized spacial score (nSPS) is 18.5. The second-order valence-corrected chi connectivity index (χ2v) is 6.47. The lowest BCUT2D eigenvalue weighted by Crippen LogP contribution is -2.25. The first-order valence-electron chi connectivity index (χ1n) is 6.44. The van der Waals surface area contributed by atoms with Gasteiger partial charge in [0.05, 0.1) is 10.6 Å². The Bertz CT molecular complexity index is 558. The van der Waals surface area contributed by atoms with E-state index in [1.165, 1.54) is 31.4 Å². The quantitative estimate of drug-likeness (QED) is 0.654. The SMILES string of the molecule is NC(=Nc1ccc(S(N)(=O)=O)cc1)C1CCCCC1. The van der Waals surface area contributed by atoms with Crippen molar-refractivity contribution in [2.75, 3.05) is 0 Å².